The van der Waals surface area contributed by atoms with Crippen LogP contribution < -0.4 is 0 Å². The van der Waals surface area contributed by atoms with Gasteiger partial charge >= 0.3 is 0 Å². The third-order valence-electron chi connectivity index (χ3n) is 2.04. The molecular weight excluding hydrogens is 313 g/mol. The minimum Gasteiger partial charge on any atom is -0.244 e. The van der Waals surface area contributed by atoms with E-state index in [9.17, 15) is 4.39 Å². The summed E-state index contributed by atoms with van der Waals surface area (Å²) in [6, 6.07) is 4.95. The summed E-state index contributed by atoms with van der Waals surface area (Å²) in [6.45, 7) is 1.83. The molecule has 2 rings (SSSR count). The average Bonchev–Trinajstić information content (AvgIpc) is 2.14. The molecule has 0 radical (unpaired) electrons. The number of fused-ring (bicyclic) bond motifs is 1. The van der Waals surface area contributed by atoms with Crippen molar-refractivity contribution in [1.82, 2.24) is 4.98 Å². The summed E-state index contributed by atoms with van der Waals surface area (Å²) in [6.07, 6.45) is 0. The molecule has 0 fully saturated rings. The van der Waals surface area contributed by atoms with E-state index < -0.39 is 0 Å². The number of aromatic nitrogens is 1. The molecule has 0 unspecified atom stereocenters. The Morgan fingerprint density at radius 1 is 1.29 bits per heavy atom. The normalized spacial score (nSPS) is 10.9. The molecular formula is C10H6Br2FN. The van der Waals surface area contributed by atoms with Crippen LogP contribution in [0.25, 0.3) is 10.8 Å². The van der Waals surface area contributed by atoms with E-state index in [4.69, 9.17) is 0 Å². The van der Waals surface area contributed by atoms with E-state index in [2.05, 4.69) is 36.8 Å². The van der Waals surface area contributed by atoms with Crippen LogP contribution in [0, 0.1) is 12.7 Å². The monoisotopic (exact) mass is 317 g/mol. The van der Waals surface area contributed by atoms with Crippen molar-refractivity contribution in [3.05, 3.63) is 38.8 Å². The molecule has 0 aliphatic heterocycles. The Morgan fingerprint density at radius 3 is 2.71 bits per heavy atom. The van der Waals surface area contributed by atoms with Gasteiger partial charge in [-0.1, -0.05) is 12.1 Å². The Hall–Kier alpha value is -0.480. The lowest BCUT2D eigenvalue weighted by atomic mass is 10.1. The standard InChI is InChI=1S/C10H6Br2FN/c1-5-9(11)8-6(10(12)14-5)3-2-4-7(8)13/h2-4H,1H3. The Kier molecular flexibility index (Phi) is 2.58. The lowest BCUT2D eigenvalue weighted by molar-refractivity contribution is 0.639. The average molecular weight is 319 g/mol. The molecule has 14 heavy (non-hydrogen) atoms. The highest BCUT2D eigenvalue weighted by atomic mass is 79.9. The van der Waals surface area contributed by atoms with Crippen LogP contribution in [0.1, 0.15) is 5.69 Å². The van der Waals surface area contributed by atoms with Gasteiger partial charge in [0.15, 0.2) is 0 Å². The summed E-state index contributed by atoms with van der Waals surface area (Å²) < 4.78 is 14.9. The minimum absolute atomic E-state index is 0.236. The Morgan fingerprint density at radius 2 is 2.00 bits per heavy atom. The van der Waals surface area contributed by atoms with Gasteiger partial charge < -0.3 is 0 Å². The number of pyridine rings is 1. The minimum atomic E-state index is -0.236. The summed E-state index contributed by atoms with van der Waals surface area (Å²) in [5.74, 6) is -0.236. The van der Waals surface area contributed by atoms with Crippen LogP contribution in [0.15, 0.2) is 27.3 Å². The van der Waals surface area contributed by atoms with Crippen molar-refractivity contribution >= 4 is 42.6 Å². The molecule has 4 heteroatoms. The Labute approximate surface area is 97.6 Å². The molecule has 1 nitrogen and oxygen atoms in total. The highest BCUT2D eigenvalue weighted by molar-refractivity contribution is 9.11. The van der Waals surface area contributed by atoms with Crippen LogP contribution in [-0.4, -0.2) is 4.98 Å². The molecule has 0 aliphatic rings. The van der Waals surface area contributed by atoms with Gasteiger partial charge in [-0.2, -0.15) is 0 Å². The van der Waals surface area contributed by atoms with Crippen LogP contribution >= 0.6 is 31.9 Å². The molecule has 0 spiro atoms. The predicted octanol–water partition coefficient (Wildman–Crippen LogP) is 4.21. The summed E-state index contributed by atoms with van der Waals surface area (Å²) in [5.41, 5.74) is 0.773. The van der Waals surface area contributed by atoms with Gasteiger partial charge in [-0.25, -0.2) is 9.37 Å². The second kappa shape index (κ2) is 3.59. The van der Waals surface area contributed by atoms with Crippen molar-refractivity contribution in [3.8, 4) is 0 Å². The Bertz CT molecular complexity index is 511. The largest absolute Gasteiger partial charge is 0.244 e. The first-order valence-electron chi connectivity index (χ1n) is 4.01. The van der Waals surface area contributed by atoms with E-state index >= 15 is 0 Å². The second-order valence-electron chi connectivity index (χ2n) is 2.96. The van der Waals surface area contributed by atoms with Gasteiger partial charge in [-0.15, -0.1) is 0 Å². The highest BCUT2D eigenvalue weighted by Crippen LogP contribution is 2.32. The molecule has 1 aromatic heterocycles. The number of halogens is 3. The SMILES string of the molecule is Cc1nc(Br)c2cccc(F)c2c1Br. The van der Waals surface area contributed by atoms with Crippen molar-refractivity contribution in [2.24, 2.45) is 0 Å². The van der Waals surface area contributed by atoms with Crippen molar-refractivity contribution < 1.29 is 4.39 Å². The van der Waals surface area contributed by atoms with Crippen molar-refractivity contribution in [1.29, 1.82) is 0 Å². The van der Waals surface area contributed by atoms with Crippen molar-refractivity contribution in [2.75, 3.05) is 0 Å². The first-order chi connectivity index (χ1) is 6.61. The molecule has 0 aliphatic carbocycles. The molecule has 0 atom stereocenters. The topological polar surface area (TPSA) is 12.9 Å². The molecule has 0 saturated carbocycles. The van der Waals surface area contributed by atoms with Gasteiger partial charge in [0, 0.05) is 15.2 Å². The van der Waals surface area contributed by atoms with Crippen molar-refractivity contribution in [3.63, 3.8) is 0 Å². The highest BCUT2D eigenvalue weighted by Gasteiger charge is 2.10. The molecule has 72 valence electrons. The molecule has 0 amide bonds. The predicted molar refractivity (Wildman–Crippen MR) is 61.8 cm³/mol. The first-order valence-corrected chi connectivity index (χ1v) is 5.59. The summed E-state index contributed by atoms with van der Waals surface area (Å²) in [7, 11) is 0. The number of rotatable bonds is 0. The third kappa shape index (κ3) is 1.46. The first kappa shape index (κ1) is 10.1. The van der Waals surface area contributed by atoms with Gasteiger partial charge in [-0.3, -0.25) is 0 Å². The van der Waals surface area contributed by atoms with Crippen LogP contribution in [0.4, 0.5) is 4.39 Å². The van der Waals surface area contributed by atoms with Crippen molar-refractivity contribution in [2.45, 2.75) is 6.92 Å². The van der Waals surface area contributed by atoms with Gasteiger partial charge in [0.05, 0.1) is 5.69 Å². The molecule has 0 saturated heterocycles. The number of hydrogen-bond donors (Lipinski definition) is 0. The van der Waals surface area contributed by atoms with Crippen LogP contribution in [0.5, 0.6) is 0 Å². The zero-order valence-electron chi connectivity index (χ0n) is 7.31. The maximum Gasteiger partial charge on any atom is 0.132 e. The fourth-order valence-electron chi connectivity index (χ4n) is 1.36. The third-order valence-corrected chi connectivity index (χ3v) is 3.61. The van der Waals surface area contributed by atoms with Gasteiger partial charge in [0.2, 0.25) is 0 Å². The number of nitrogens with zero attached hydrogens (tertiary/aromatic N) is 1. The van der Waals surface area contributed by atoms with Crippen LogP contribution in [-0.2, 0) is 0 Å². The van der Waals surface area contributed by atoms with Gasteiger partial charge in [-0.05, 0) is 44.8 Å². The van der Waals surface area contributed by atoms with Crippen LogP contribution in [0.3, 0.4) is 0 Å². The second-order valence-corrected chi connectivity index (χ2v) is 4.51. The van der Waals surface area contributed by atoms with E-state index in [0.29, 0.717) is 14.5 Å². The summed E-state index contributed by atoms with van der Waals surface area (Å²) in [5, 5.41) is 1.36. The lowest BCUT2D eigenvalue weighted by Crippen LogP contribution is -1.90. The summed E-state index contributed by atoms with van der Waals surface area (Å²) >= 11 is 6.66. The number of aryl methyl sites for hydroxylation is 1. The van der Waals surface area contributed by atoms with E-state index in [1.807, 2.05) is 13.0 Å². The molecule has 0 N–H and O–H groups in total. The number of hydrogen-bond acceptors (Lipinski definition) is 1. The smallest absolute Gasteiger partial charge is 0.132 e. The van der Waals surface area contributed by atoms with E-state index in [-0.39, 0.29) is 5.82 Å². The maximum atomic E-state index is 13.5. The van der Waals surface area contributed by atoms with Crippen LogP contribution in [0.2, 0.25) is 0 Å². The molecule has 1 aromatic carbocycles. The molecule has 2 aromatic rings. The maximum absolute atomic E-state index is 13.5. The zero-order valence-corrected chi connectivity index (χ0v) is 10.5. The quantitative estimate of drug-likeness (QED) is 0.663. The van der Waals surface area contributed by atoms with E-state index in [1.165, 1.54) is 6.07 Å². The van der Waals surface area contributed by atoms with E-state index in [1.54, 1.807) is 6.07 Å². The zero-order chi connectivity index (χ0) is 10.3. The van der Waals surface area contributed by atoms with E-state index in [0.717, 1.165) is 11.1 Å². The fourth-order valence-corrected chi connectivity index (χ4v) is 2.44. The fraction of sp³-hybridized carbons (Fsp3) is 0.100. The summed E-state index contributed by atoms with van der Waals surface area (Å²) in [4.78, 5) is 4.25. The van der Waals surface area contributed by atoms with Gasteiger partial charge in [0.1, 0.15) is 10.4 Å². The lowest BCUT2D eigenvalue weighted by Gasteiger charge is -2.06. The molecule has 0 bridgehead atoms. The number of benzene rings is 1. The van der Waals surface area contributed by atoms with Gasteiger partial charge in [0.25, 0.3) is 0 Å². The molecule has 1 heterocycles. The Balaban J connectivity index is 3.03.